The summed E-state index contributed by atoms with van der Waals surface area (Å²) in [4.78, 5) is 14.2. The molecule has 0 aliphatic heterocycles. The van der Waals surface area contributed by atoms with Crippen molar-refractivity contribution < 1.29 is 4.79 Å². The maximum Gasteiger partial charge on any atom is 0.318 e. The van der Waals surface area contributed by atoms with Crippen LogP contribution >= 0.6 is 0 Å². The van der Waals surface area contributed by atoms with Gasteiger partial charge in [0.1, 0.15) is 0 Å². The summed E-state index contributed by atoms with van der Waals surface area (Å²) in [7, 11) is 0. The first kappa shape index (κ1) is 12.9. The van der Waals surface area contributed by atoms with Gasteiger partial charge in [-0.2, -0.15) is 0 Å². The SMILES string of the molecule is CCC(C)N(Cc1ccccc1)C(=O)NC1CC1. The minimum absolute atomic E-state index is 0.0794. The summed E-state index contributed by atoms with van der Waals surface area (Å²) < 4.78 is 0. The van der Waals surface area contributed by atoms with Crippen LogP contribution in [0.25, 0.3) is 0 Å². The van der Waals surface area contributed by atoms with E-state index in [4.69, 9.17) is 0 Å². The number of rotatable bonds is 5. The first-order chi connectivity index (χ1) is 8.70. The predicted octanol–water partition coefficient (Wildman–Crippen LogP) is 3.16. The number of urea groups is 1. The number of hydrogen-bond donors (Lipinski definition) is 1. The average Bonchev–Trinajstić information content (AvgIpc) is 3.20. The van der Waals surface area contributed by atoms with Crippen molar-refractivity contribution in [3.8, 4) is 0 Å². The Morgan fingerprint density at radius 3 is 2.61 bits per heavy atom. The lowest BCUT2D eigenvalue weighted by molar-refractivity contribution is 0.173. The molecular weight excluding hydrogens is 224 g/mol. The van der Waals surface area contributed by atoms with E-state index in [1.165, 1.54) is 5.56 Å². The van der Waals surface area contributed by atoms with Gasteiger partial charge in [-0.1, -0.05) is 37.3 Å². The topological polar surface area (TPSA) is 32.3 Å². The zero-order valence-corrected chi connectivity index (χ0v) is 11.2. The first-order valence-electron chi connectivity index (χ1n) is 6.81. The normalized spacial score (nSPS) is 16.1. The van der Waals surface area contributed by atoms with E-state index < -0.39 is 0 Å². The largest absolute Gasteiger partial charge is 0.335 e. The lowest BCUT2D eigenvalue weighted by Gasteiger charge is -2.29. The first-order valence-corrected chi connectivity index (χ1v) is 6.81. The Morgan fingerprint density at radius 2 is 2.06 bits per heavy atom. The molecule has 0 bridgehead atoms. The Kier molecular flexibility index (Phi) is 4.24. The maximum atomic E-state index is 12.2. The zero-order valence-electron chi connectivity index (χ0n) is 11.2. The summed E-state index contributed by atoms with van der Waals surface area (Å²) in [5.41, 5.74) is 1.18. The highest BCUT2D eigenvalue weighted by atomic mass is 16.2. The third kappa shape index (κ3) is 3.49. The third-order valence-corrected chi connectivity index (χ3v) is 3.48. The molecule has 1 aliphatic carbocycles. The molecule has 0 heterocycles. The number of hydrogen-bond acceptors (Lipinski definition) is 1. The van der Waals surface area contributed by atoms with Gasteiger partial charge in [0.25, 0.3) is 0 Å². The van der Waals surface area contributed by atoms with Crippen LogP contribution in [0.4, 0.5) is 4.79 Å². The molecule has 1 unspecified atom stereocenters. The molecule has 1 atom stereocenters. The minimum atomic E-state index is 0.0794. The predicted molar refractivity (Wildman–Crippen MR) is 73.3 cm³/mol. The van der Waals surface area contributed by atoms with Crippen LogP contribution in [0.1, 0.15) is 38.7 Å². The van der Waals surface area contributed by atoms with Crippen LogP contribution in [0.3, 0.4) is 0 Å². The second-order valence-electron chi connectivity index (χ2n) is 5.09. The zero-order chi connectivity index (χ0) is 13.0. The molecule has 1 saturated carbocycles. The van der Waals surface area contributed by atoms with Crippen LogP contribution in [0.5, 0.6) is 0 Å². The van der Waals surface area contributed by atoms with E-state index in [-0.39, 0.29) is 12.1 Å². The second-order valence-corrected chi connectivity index (χ2v) is 5.09. The molecule has 1 fully saturated rings. The third-order valence-electron chi connectivity index (χ3n) is 3.48. The molecule has 98 valence electrons. The highest BCUT2D eigenvalue weighted by molar-refractivity contribution is 5.75. The summed E-state index contributed by atoms with van der Waals surface area (Å²) in [6.45, 7) is 4.91. The summed E-state index contributed by atoms with van der Waals surface area (Å²) in [6, 6.07) is 10.9. The van der Waals surface area contributed by atoms with Gasteiger partial charge in [0.05, 0.1) is 0 Å². The summed E-state index contributed by atoms with van der Waals surface area (Å²) in [5.74, 6) is 0. The molecule has 3 nitrogen and oxygen atoms in total. The van der Waals surface area contributed by atoms with E-state index >= 15 is 0 Å². The van der Waals surface area contributed by atoms with E-state index in [9.17, 15) is 4.79 Å². The fraction of sp³-hybridized carbons (Fsp3) is 0.533. The lowest BCUT2D eigenvalue weighted by Crippen LogP contribution is -2.45. The average molecular weight is 246 g/mol. The van der Waals surface area contributed by atoms with Gasteiger partial charge in [0.15, 0.2) is 0 Å². The van der Waals surface area contributed by atoms with Crippen LogP contribution < -0.4 is 5.32 Å². The van der Waals surface area contributed by atoms with Crippen molar-refractivity contribution in [2.75, 3.05) is 0 Å². The Bertz CT molecular complexity index is 387. The number of carbonyl (C=O) groups is 1. The summed E-state index contributed by atoms with van der Waals surface area (Å²) >= 11 is 0. The minimum Gasteiger partial charge on any atom is -0.335 e. The number of benzene rings is 1. The van der Waals surface area contributed by atoms with Crippen LogP contribution in [0.15, 0.2) is 30.3 Å². The summed E-state index contributed by atoms with van der Waals surface area (Å²) in [5, 5.41) is 3.08. The maximum absolute atomic E-state index is 12.2. The highest BCUT2D eigenvalue weighted by Crippen LogP contribution is 2.20. The number of carbonyl (C=O) groups excluding carboxylic acids is 1. The lowest BCUT2D eigenvalue weighted by atomic mass is 10.1. The van der Waals surface area contributed by atoms with Crippen LogP contribution in [-0.2, 0) is 6.54 Å². The molecule has 18 heavy (non-hydrogen) atoms. The van der Waals surface area contributed by atoms with E-state index in [1.807, 2.05) is 23.1 Å². The quantitative estimate of drug-likeness (QED) is 0.850. The molecule has 2 amide bonds. The van der Waals surface area contributed by atoms with Gasteiger partial charge in [-0.25, -0.2) is 4.79 Å². The summed E-state index contributed by atoms with van der Waals surface area (Å²) in [6.07, 6.45) is 3.24. The van der Waals surface area contributed by atoms with Gasteiger partial charge < -0.3 is 10.2 Å². The van der Waals surface area contributed by atoms with E-state index in [2.05, 4.69) is 31.3 Å². The molecule has 0 saturated heterocycles. The van der Waals surface area contributed by atoms with Crippen LogP contribution in [0, 0.1) is 0 Å². The van der Waals surface area contributed by atoms with Crippen molar-refractivity contribution in [2.24, 2.45) is 0 Å². The molecule has 1 aliphatic rings. The smallest absolute Gasteiger partial charge is 0.318 e. The van der Waals surface area contributed by atoms with E-state index in [0.29, 0.717) is 12.6 Å². The van der Waals surface area contributed by atoms with Crippen molar-refractivity contribution in [1.29, 1.82) is 0 Å². The second kappa shape index (κ2) is 5.89. The molecule has 0 spiro atoms. The standard InChI is InChI=1S/C15H22N2O/c1-3-12(2)17(15(18)16-14-9-10-14)11-13-7-5-4-6-8-13/h4-8,12,14H,3,9-11H2,1-2H3,(H,16,18). The van der Waals surface area contributed by atoms with Crippen LogP contribution in [-0.4, -0.2) is 23.0 Å². The fourth-order valence-corrected chi connectivity index (χ4v) is 1.91. The van der Waals surface area contributed by atoms with Gasteiger partial charge in [-0.3, -0.25) is 0 Å². The molecule has 1 N–H and O–H groups in total. The highest BCUT2D eigenvalue weighted by Gasteiger charge is 2.27. The molecule has 1 aromatic rings. The van der Waals surface area contributed by atoms with E-state index in [0.717, 1.165) is 19.3 Å². The molecular formula is C15H22N2O. The monoisotopic (exact) mass is 246 g/mol. The molecule has 0 radical (unpaired) electrons. The van der Waals surface area contributed by atoms with Crippen molar-refractivity contribution in [1.82, 2.24) is 10.2 Å². The van der Waals surface area contributed by atoms with Gasteiger partial charge in [0, 0.05) is 18.6 Å². The van der Waals surface area contributed by atoms with Gasteiger partial charge >= 0.3 is 6.03 Å². The Labute approximate surface area is 109 Å². The Balaban J connectivity index is 2.01. The molecule has 0 aromatic heterocycles. The number of nitrogens with one attached hydrogen (secondary N) is 1. The van der Waals surface area contributed by atoms with Gasteiger partial charge in [-0.05, 0) is 31.7 Å². The van der Waals surface area contributed by atoms with Crippen LogP contribution in [0.2, 0.25) is 0 Å². The number of amides is 2. The Morgan fingerprint density at radius 1 is 1.39 bits per heavy atom. The molecule has 3 heteroatoms. The molecule has 2 rings (SSSR count). The van der Waals surface area contributed by atoms with E-state index in [1.54, 1.807) is 0 Å². The fourth-order valence-electron chi connectivity index (χ4n) is 1.91. The van der Waals surface area contributed by atoms with Crippen molar-refractivity contribution >= 4 is 6.03 Å². The number of nitrogens with zero attached hydrogens (tertiary/aromatic N) is 1. The van der Waals surface area contributed by atoms with Crippen molar-refractivity contribution in [3.63, 3.8) is 0 Å². The molecule has 1 aromatic carbocycles. The van der Waals surface area contributed by atoms with Crippen molar-refractivity contribution in [2.45, 2.75) is 51.7 Å². The van der Waals surface area contributed by atoms with Crippen molar-refractivity contribution in [3.05, 3.63) is 35.9 Å². The Hall–Kier alpha value is -1.51. The van der Waals surface area contributed by atoms with Gasteiger partial charge in [-0.15, -0.1) is 0 Å². The van der Waals surface area contributed by atoms with Gasteiger partial charge in [0.2, 0.25) is 0 Å².